The number of rotatable bonds is 2. The van der Waals surface area contributed by atoms with Gasteiger partial charge in [-0.3, -0.25) is 4.79 Å². The van der Waals surface area contributed by atoms with Crippen LogP contribution in [-0.2, 0) is 0 Å². The second kappa shape index (κ2) is 2.97. The number of aromatic nitrogens is 1. The van der Waals surface area contributed by atoms with Gasteiger partial charge in [-0.05, 0) is 19.8 Å². The summed E-state index contributed by atoms with van der Waals surface area (Å²) in [6.45, 7) is 1.77. The number of aromatic carboxylic acids is 1. The third-order valence-corrected chi connectivity index (χ3v) is 2.40. The van der Waals surface area contributed by atoms with E-state index in [2.05, 4.69) is 0 Å². The lowest BCUT2D eigenvalue weighted by Crippen LogP contribution is -2.18. The normalized spacial score (nSPS) is 15.5. The van der Waals surface area contributed by atoms with Crippen molar-refractivity contribution in [1.82, 2.24) is 4.57 Å². The van der Waals surface area contributed by atoms with Crippen LogP contribution >= 0.6 is 0 Å². The van der Waals surface area contributed by atoms with E-state index in [9.17, 15) is 9.59 Å². The summed E-state index contributed by atoms with van der Waals surface area (Å²) in [4.78, 5) is 22.0. The van der Waals surface area contributed by atoms with Crippen LogP contribution in [0.25, 0.3) is 0 Å². The predicted molar refractivity (Wildman–Crippen MR) is 50.7 cm³/mol. The number of carboxylic acid groups (broad SMARTS) is 1. The summed E-state index contributed by atoms with van der Waals surface area (Å²) in [6, 6.07) is 2.94. The molecule has 0 atom stereocenters. The maximum atomic E-state index is 11.1. The van der Waals surface area contributed by atoms with Gasteiger partial charge in [-0.15, -0.1) is 0 Å². The van der Waals surface area contributed by atoms with E-state index in [4.69, 9.17) is 5.11 Å². The quantitative estimate of drug-likeness (QED) is 0.767. The van der Waals surface area contributed by atoms with Gasteiger partial charge in [-0.1, -0.05) is 0 Å². The zero-order valence-electron chi connectivity index (χ0n) is 7.86. The van der Waals surface area contributed by atoms with Crippen LogP contribution < -0.4 is 5.43 Å². The van der Waals surface area contributed by atoms with Gasteiger partial charge in [-0.25, -0.2) is 4.79 Å². The van der Waals surface area contributed by atoms with Crippen LogP contribution in [0.4, 0.5) is 0 Å². The maximum Gasteiger partial charge on any atom is 0.352 e. The second-order valence-electron chi connectivity index (χ2n) is 3.62. The Hall–Kier alpha value is -1.58. The molecule has 0 radical (unpaired) electrons. The van der Waals surface area contributed by atoms with Crippen molar-refractivity contribution in [2.45, 2.75) is 25.8 Å². The first-order chi connectivity index (χ1) is 6.59. The first-order valence-corrected chi connectivity index (χ1v) is 4.56. The fraction of sp³-hybridized carbons (Fsp3) is 0.400. The summed E-state index contributed by atoms with van der Waals surface area (Å²) in [6.07, 6.45) is 2.01. The molecule has 1 saturated carbocycles. The molecule has 0 saturated heterocycles. The Morgan fingerprint density at radius 2 is 2.14 bits per heavy atom. The summed E-state index contributed by atoms with van der Waals surface area (Å²) < 4.78 is 1.74. The van der Waals surface area contributed by atoms with Gasteiger partial charge in [-0.2, -0.15) is 0 Å². The van der Waals surface area contributed by atoms with Crippen molar-refractivity contribution in [2.24, 2.45) is 0 Å². The summed E-state index contributed by atoms with van der Waals surface area (Å²) in [7, 11) is 0. The lowest BCUT2D eigenvalue weighted by atomic mass is 10.2. The summed E-state index contributed by atoms with van der Waals surface area (Å²) in [5.74, 6) is -1.03. The van der Waals surface area contributed by atoms with E-state index < -0.39 is 5.97 Å². The lowest BCUT2D eigenvalue weighted by Gasteiger charge is -2.12. The Balaban J connectivity index is 2.64. The Bertz CT molecular complexity index is 443. The third kappa shape index (κ3) is 1.43. The molecule has 2 rings (SSSR count). The summed E-state index contributed by atoms with van der Waals surface area (Å²) in [5, 5.41) is 8.93. The zero-order valence-corrected chi connectivity index (χ0v) is 7.86. The zero-order chi connectivity index (χ0) is 10.3. The molecule has 4 nitrogen and oxygen atoms in total. The smallest absolute Gasteiger partial charge is 0.352 e. The molecular formula is C10H11NO3. The lowest BCUT2D eigenvalue weighted by molar-refractivity contribution is 0.0683. The average Bonchev–Trinajstić information content (AvgIpc) is 2.85. The molecule has 14 heavy (non-hydrogen) atoms. The van der Waals surface area contributed by atoms with Gasteiger partial charge in [0.25, 0.3) is 0 Å². The standard InChI is InChI=1S/C10H11NO3/c1-6-4-8(12)5-9(10(13)14)11(6)7-2-3-7/h4-5,7H,2-3H2,1H3,(H,13,14). The topological polar surface area (TPSA) is 59.3 Å². The number of hydrogen-bond donors (Lipinski definition) is 1. The maximum absolute atomic E-state index is 11.1. The molecule has 1 aliphatic rings. The van der Waals surface area contributed by atoms with Gasteiger partial charge in [0.2, 0.25) is 0 Å². The van der Waals surface area contributed by atoms with Crippen LogP contribution in [0.2, 0.25) is 0 Å². The van der Waals surface area contributed by atoms with Crippen molar-refractivity contribution in [3.63, 3.8) is 0 Å². The monoisotopic (exact) mass is 193 g/mol. The van der Waals surface area contributed by atoms with Crippen LogP contribution in [0.15, 0.2) is 16.9 Å². The number of carbonyl (C=O) groups is 1. The van der Waals surface area contributed by atoms with E-state index in [-0.39, 0.29) is 17.2 Å². The molecule has 1 N–H and O–H groups in total. The van der Waals surface area contributed by atoms with E-state index in [1.165, 1.54) is 12.1 Å². The summed E-state index contributed by atoms with van der Waals surface area (Å²) in [5.41, 5.74) is 0.603. The molecule has 1 aromatic rings. The van der Waals surface area contributed by atoms with E-state index in [1.807, 2.05) is 0 Å². The molecule has 1 fully saturated rings. The highest BCUT2D eigenvalue weighted by molar-refractivity contribution is 5.85. The van der Waals surface area contributed by atoms with E-state index in [1.54, 1.807) is 11.5 Å². The van der Waals surface area contributed by atoms with E-state index in [0.29, 0.717) is 0 Å². The molecule has 0 spiro atoms. The van der Waals surface area contributed by atoms with Crippen molar-refractivity contribution in [2.75, 3.05) is 0 Å². The van der Waals surface area contributed by atoms with E-state index >= 15 is 0 Å². The van der Waals surface area contributed by atoms with Crippen LogP contribution in [0.3, 0.4) is 0 Å². The average molecular weight is 193 g/mol. The Kier molecular flexibility index (Phi) is 1.91. The van der Waals surface area contributed by atoms with Crippen LogP contribution in [0.5, 0.6) is 0 Å². The molecule has 1 heterocycles. The minimum Gasteiger partial charge on any atom is -0.477 e. The predicted octanol–water partition coefficient (Wildman–Crippen LogP) is 1.19. The minimum atomic E-state index is -1.03. The number of carboxylic acids is 1. The van der Waals surface area contributed by atoms with Crippen LogP contribution in [0.1, 0.15) is 35.1 Å². The molecule has 1 aromatic heterocycles. The Labute approximate surface area is 80.8 Å². The molecular weight excluding hydrogens is 182 g/mol. The highest BCUT2D eigenvalue weighted by atomic mass is 16.4. The van der Waals surface area contributed by atoms with Crippen molar-refractivity contribution in [3.8, 4) is 0 Å². The van der Waals surface area contributed by atoms with Crippen molar-refractivity contribution < 1.29 is 9.90 Å². The van der Waals surface area contributed by atoms with Gasteiger partial charge in [0, 0.05) is 23.9 Å². The molecule has 0 unspecified atom stereocenters. The molecule has 4 heteroatoms. The fourth-order valence-corrected chi connectivity index (χ4v) is 1.69. The molecule has 0 aliphatic heterocycles. The van der Waals surface area contributed by atoms with Gasteiger partial charge < -0.3 is 9.67 Å². The molecule has 0 amide bonds. The molecule has 74 valence electrons. The second-order valence-corrected chi connectivity index (χ2v) is 3.62. The van der Waals surface area contributed by atoms with Crippen molar-refractivity contribution >= 4 is 5.97 Å². The molecule has 0 bridgehead atoms. The number of nitrogens with zero attached hydrogens (tertiary/aromatic N) is 1. The molecule has 0 aromatic carbocycles. The van der Waals surface area contributed by atoms with Gasteiger partial charge in [0.05, 0.1) is 0 Å². The SMILES string of the molecule is Cc1cc(=O)cc(C(=O)O)n1C1CC1. The Morgan fingerprint density at radius 3 is 2.64 bits per heavy atom. The first kappa shape index (κ1) is 8.99. The summed E-state index contributed by atoms with van der Waals surface area (Å²) >= 11 is 0. The van der Waals surface area contributed by atoms with Crippen molar-refractivity contribution in [3.05, 3.63) is 33.7 Å². The minimum absolute atomic E-state index is 0.109. The van der Waals surface area contributed by atoms with Gasteiger partial charge in [0.1, 0.15) is 5.69 Å². The molecule has 1 aliphatic carbocycles. The van der Waals surface area contributed by atoms with Crippen LogP contribution in [-0.4, -0.2) is 15.6 Å². The van der Waals surface area contributed by atoms with Gasteiger partial charge >= 0.3 is 5.97 Å². The number of aryl methyl sites for hydroxylation is 1. The van der Waals surface area contributed by atoms with Crippen LogP contribution in [0, 0.1) is 6.92 Å². The van der Waals surface area contributed by atoms with E-state index in [0.717, 1.165) is 18.5 Å². The Morgan fingerprint density at radius 1 is 1.50 bits per heavy atom. The first-order valence-electron chi connectivity index (χ1n) is 4.56. The highest BCUT2D eigenvalue weighted by Gasteiger charge is 2.28. The highest BCUT2D eigenvalue weighted by Crippen LogP contribution is 2.36. The largest absolute Gasteiger partial charge is 0.477 e. The van der Waals surface area contributed by atoms with Gasteiger partial charge in [0.15, 0.2) is 5.43 Å². The number of pyridine rings is 1. The third-order valence-electron chi connectivity index (χ3n) is 2.40. The van der Waals surface area contributed by atoms with Crippen molar-refractivity contribution in [1.29, 1.82) is 0 Å². The number of hydrogen-bond acceptors (Lipinski definition) is 2. The fourth-order valence-electron chi connectivity index (χ4n) is 1.69.